The highest BCUT2D eigenvalue weighted by atomic mass is 35.5. The molecule has 3 N–H and O–H groups in total. The number of pyridine rings is 1. The summed E-state index contributed by atoms with van der Waals surface area (Å²) in [6, 6.07) is 5.87. The molecule has 2 heterocycles. The van der Waals surface area contributed by atoms with E-state index in [1.165, 1.54) is 0 Å². The molecule has 1 saturated carbocycles. The van der Waals surface area contributed by atoms with E-state index in [1.807, 2.05) is 24.4 Å². The van der Waals surface area contributed by atoms with Gasteiger partial charge in [0, 0.05) is 37.1 Å². The minimum atomic E-state index is -0.00323. The third-order valence-corrected chi connectivity index (χ3v) is 4.17. The average molecular weight is 372 g/mol. The molecule has 2 aromatic heterocycles. The maximum atomic E-state index is 12.1. The van der Waals surface area contributed by atoms with Gasteiger partial charge in [0.2, 0.25) is 5.91 Å². The van der Waals surface area contributed by atoms with E-state index in [4.69, 9.17) is 5.73 Å². The summed E-state index contributed by atoms with van der Waals surface area (Å²) in [5, 5.41) is 7.23. The van der Waals surface area contributed by atoms with E-state index in [0.717, 1.165) is 24.8 Å². The second-order valence-electron chi connectivity index (χ2n) is 5.86. The first-order chi connectivity index (χ1) is 10.7. The number of rotatable bonds is 5. The highest BCUT2D eigenvalue weighted by Gasteiger charge is 2.26. The Kier molecular flexibility index (Phi) is 8.18. The molecule has 132 valence electrons. The number of hydrogen-bond acceptors (Lipinski definition) is 4. The third kappa shape index (κ3) is 5.47. The molecule has 3 rings (SSSR count). The normalized spacial score (nSPS) is 19.2. The SMILES string of the molecule is Cl.Cl.N[C@@H]1CCC[C@H]1CC(=O)Nc1ccn(Cc2ccncc2)n1. The van der Waals surface area contributed by atoms with Crippen LogP contribution >= 0.6 is 24.8 Å². The molecule has 0 aliphatic heterocycles. The lowest BCUT2D eigenvalue weighted by Gasteiger charge is -2.13. The third-order valence-electron chi connectivity index (χ3n) is 4.17. The zero-order valence-corrected chi connectivity index (χ0v) is 14.9. The standard InChI is InChI=1S/C16H21N5O.2ClH/c17-14-3-1-2-13(14)10-16(22)19-15-6-9-21(20-15)11-12-4-7-18-8-5-12;;/h4-9,13-14H,1-3,10-11,17H2,(H,19,20,22);2*1H/t13-,14+;;/m0../s1. The van der Waals surface area contributed by atoms with Crippen LogP contribution in [0.5, 0.6) is 0 Å². The fraction of sp³-hybridized carbons (Fsp3) is 0.438. The molecular formula is C16H23Cl2N5O. The first kappa shape index (κ1) is 20.4. The van der Waals surface area contributed by atoms with Crippen LogP contribution in [0, 0.1) is 5.92 Å². The first-order valence-corrected chi connectivity index (χ1v) is 7.68. The van der Waals surface area contributed by atoms with Crippen LogP contribution < -0.4 is 11.1 Å². The van der Waals surface area contributed by atoms with Crippen molar-refractivity contribution in [3.05, 3.63) is 42.4 Å². The summed E-state index contributed by atoms with van der Waals surface area (Å²) in [5.74, 6) is 0.890. The predicted octanol–water partition coefficient (Wildman–Crippen LogP) is 2.63. The van der Waals surface area contributed by atoms with Crippen LogP contribution in [0.4, 0.5) is 5.82 Å². The van der Waals surface area contributed by atoms with Gasteiger partial charge in [-0.1, -0.05) is 6.42 Å². The number of carbonyl (C=O) groups excluding carboxylic acids is 1. The lowest BCUT2D eigenvalue weighted by Crippen LogP contribution is -2.28. The summed E-state index contributed by atoms with van der Waals surface area (Å²) >= 11 is 0. The monoisotopic (exact) mass is 371 g/mol. The van der Waals surface area contributed by atoms with Crippen molar-refractivity contribution in [2.75, 3.05) is 5.32 Å². The largest absolute Gasteiger partial charge is 0.327 e. The van der Waals surface area contributed by atoms with Crippen LogP contribution in [-0.4, -0.2) is 26.7 Å². The molecule has 0 radical (unpaired) electrons. The Hall–Kier alpha value is -1.63. The molecule has 0 unspecified atom stereocenters. The number of amides is 1. The van der Waals surface area contributed by atoms with Crippen molar-refractivity contribution in [1.82, 2.24) is 14.8 Å². The summed E-state index contributed by atoms with van der Waals surface area (Å²) in [4.78, 5) is 16.0. The highest BCUT2D eigenvalue weighted by Crippen LogP contribution is 2.27. The molecule has 24 heavy (non-hydrogen) atoms. The van der Waals surface area contributed by atoms with E-state index in [-0.39, 0.29) is 36.8 Å². The van der Waals surface area contributed by atoms with E-state index in [2.05, 4.69) is 15.4 Å². The Morgan fingerprint density at radius 2 is 2.00 bits per heavy atom. The molecule has 1 fully saturated rings. The van der Waals surface area contributed by atoms with Gasteiger partial charge in [-0.05, 0) is 36.5 Å². The van der Waals surface area contributed by atoms with Gasteiger partial charge in [-0.15, -0.1) is 24.8 Å². The number of nitrogens with zero attached hydrogens (tertiary/aromatic N) is 3. The maximum Gasteiger partial charge on any atom is 0.225 e. The topological polar surface area (TPSA) is 85.8 Å². The van der Waals surface area contributed by atoms with Gasteiger partial charge < -0.3 is 11.1 Å². The molecule has 0 saturated heterocycles. The molecule has 8 heteroatoms. The molecule has 1 aliphatic rings. The van der Waals surface area contributed by atoms with E-state index >= 15 is 0 Å². The second kappa shape index (κ2) is 9.61. The second-order valence-corrected chi connectivity index (χ2v) is 5.86. The molecule has 2 aromatic rings. The number of hydrogen-bond donors (Lipinski definition) is 2. The van der Waals surface area contributed by atoms with E-state index in [1.54, 1.807) is 17.1 Å². The Morgan fingerprint density at radius 1 is 1.25 bits per heavy atom. The average Bonchev–Trinajstić information content (AvgIpc) is 3.10. The van der Waals surface area contributed by atoms with E-state index < -0.39 is 0 Å². The minimum absolute atomic E-state index is 0. The number of carbonyl (C=O) groups is 1. The van der Waals surface area contributed by atoms with Gasteiger partial charge in [-0.25, -0.2) is 0 Å². The quantitative estimate of drug-likeness (QED) is 0.845. The molecule has 6 nitrogen and oxygen atoms in total. The number of anilines is 1. The van der Waals surface area contributed by atoms with Crippen LogP contribution in [-0.2, 0) is 11.3 Å². The number of nitrogens with one attached hydrogen (secondary N) is 1. The van der Waals surface area contributed by atoms with Crippen LogP contribution in [0.3, 0.4) is 0 Å². The number of aromatic nitrogens is 3. The van der Waals surface area contributed by atoms with Crippen LogP contribution in [0.1, 0.15) is 31.2 Å². The van der Waals surface area contributed by atoms with Crippen LogP contribution in [0.2, 0.25) is 0 Å². The van der Waals surface area contributed by atoms with Gasteiger partial charge in [0.1, 0.15) is 0 Å². The number of nitrogens with two attached hydrogens (primary N) is 1. The van der Waals surface area contributed by atoms with Crippen LogP contribution in [0.15, 0.2) is 36.8 Å². The van der Waals surface area contributed by atoms with Crippen molar-refractivity contribution in [1.29, 1.82) is 0 Å². The molecule has 0 bridgehead atoms. The van der Waals surface area contributed by atoms with Gasteiger partial charge in [-0.3, -0.25) is 14.5 Å². The lowest BCUT2D eigenvalue weighted by molar-refractivity contribution is -0.117. The Bertz CT molecular complexity index is 634. The lowest BCUT2D eigenvalue weighted by atomic mass is 10.00. The van der Waals surface area contributed by atoms with Crippen molar-refractivity contribution >= 4 is 36.5 Å². The van der Waals surface area contributed by atoms with E-state index in [9.17, 15) is 4.79 Å². The van der Waals surface area contributed by atoms with Gasteiger partial charge >= 0.3 is 0 Å². The Morgan fingerprint density at radius 3 is 2.67 bits per heavy atom. The summed E-state index contributed by atoms with van der Waals surface area (Å²) in [6.07, 6.45) is 9.05. The van der Waals surface area contributed by atoms with Crippen molar-refractivity contribution < 1.29 is 4.79 Å². The zero-order chi connectivity index (χ0) is 15.4. The summed E-state index contributed by atoms with van der Waals surface area (Å²) in [5.41, 5.74) is 7.12. The summed E-state index contributed by atoms with van der Waals surface area (Å²) < 4.78 is 1.80. The van der Waals surface area contributed by atoms with Gasteiger partial charge in [-0.2, -0.15) is 5.10 Å². The smallest absolute Gasteiger partial charge is 0.225 e. The fourth-order valence-corrected chi connectivity index (χ4v) is 2.94. The Labute approximate surface area is 154 Å². The van der Waals surface area contributed by atoms with Crippen molar-refractivity contribution in [3.8, 4) is 0 Å². The summed E-state index contributed by atoms with van der Waals surface area (Å²) in [6.45, 7) is 0.659. The van der Waals surface area contributed by atoms with E-state index in [0.29, 0.717) is 24.7 Å². The molecule has 0 aromatic carbocycles. The first-order valence-electron chi connectivity index (χ1n) is 7.68. The molecular weight excluding hydrogens is 349 g/mol. The highest BCUT2D eigenvalue weighted by molar-refractivity contribution is 5.89. The van der Waals surface area contributed by atoms with Gasteiger partial charge in [0.05, 0.1) is 6.54 Å². The molecule has 1 aliphatic carbocycles. The maximum absolute atomic E-state index is 12.1. The van der Waals surface area contributed by atoms with Crippen molar-refractivity contribution in [3.63, 3.8) is 0 Å². The predicted molar refractivity (Wildman–Crippen MR) is 98.6 cm³/mol. The van der Waals surface area contributed by atoms with Crippen LogP contribution in [0.25, 0.3) is 0 Å². The molecule has 1 amide bonds. The minimum Gasteiger partial charge on any atom is -0.327 e. The Balaban J connectivity index is 0.00000144. The fourth-order valence-electron chi connectivity index (χ4n) is 2.94. The van der Waals surface area contributed by atoms with Gasteiger partial charge in [0.25, 0.3) is 0 Å². The van der Waals surface area contributed by atoms with Crippen molar-refractivity contribution in [2.24, 2.45) is 11.7 Å². The molecule has 0 spiro atoms. The summed E-state index contributed by atoms with van der Waals surface area (Å²) in [7, 11) is 0. The molecule has 2 atom stereocenters. The van der Waals surface area contributed by atoms with Gasteiger partial charge in [0.15, 0.2) is 5.82 Å². The zero-order valence-electron chi connectivity index (χ0n) is 13.3. The van der Waals surface area contributed by atoms with Crippen molar-refractivity contribution in [2.45, 2.75) is 38.3 Å². The number of halogens is 2.